The van der Waals surface area contributed by atoms with Crippen LogP contribution in [0.15, 0.2) is 24.0 Å². The number of anilines is 2. The van der Waals surface area contributed by atoms with Gasteiger partial charge in [0.05, 0.1) is 18.0 Å². The lowest BCUT2D eigenvalue weighted by atomic mass is 9.99. The maximum absolute atomic E-state index is 5.97. The van der Waals surface area contributed by atoms with Crippen LogP contribution in [0.1, 0.15) is 30.5 Å². The summed E-state index contributed by atoms with van der Waals surface area (Å²) in [4.78, 5) is 11.2. The molecule has 1 fully saturated rings. The summed E-state index contributed by atoms with van der Waals surface area (Å²) < 4.78 is 5.52. The Kier molecular flexibility index (Phi) is 4.29. The number of nitrogen functional groups attached to an aromatic ring is 1. The van der Waals surface area contributed by atoms with Gasteiger partial charge in [0.2, 0.25) is 5.95 Å². The van der Waals surface area contributed by atoms with E-state index in [9.17, 15) is 0 Å². The van der Waals surface area contributed by atoms with Crippen molar-refractivity contribution < 1.29 is 4.74 Å². The van der Waals surface area contributed by atoms with Crippen LogP contribution in [0.3, 0.4) is 0 Å². The molecule has 1 aromatic rings. The van der Waals surface area contributed by atoms with E-state index in [4.69, 9.17) is 10.5 Å². The molecule has 6 nitrogen and oxygen atoms in total. The third-order valence-electron chi connectivity index (χ3n) is 4.13. The van der Waals surface area contributed by atoms with Gasteiger partial charge in [-0.05, 0) is 25.8 Å². The van der Waals surface area contributed by atoms with Gasteiger partial charge in [-0.25, -0.2) is 4.98 Å². The number of rotatable bonds is 4. The molecule has 1 aromatic heterocycles. The highest BCUT2D eigenvalue weighted by molar-refractivity contribution is 5.62. The van der Waals surface area contributed by atoms with Crippen LogP contribution in [-0.4, -0.2) is 36.8 Å². The molecule has 0 bridgehead atoms. The van der Waals surface area contributed by atoms with Crippen molar-refractivity contribution in [1.29, 1.82) is 0 Å². The number of hydrogen-bond donors (Lipinski definition) is 2. The summed E-state index contributed by atoms with van der Waals surface area (Å²) in [5.41, 5.74) is 9.34. The summed E-state index contributed by atoms with van der Waals surface area (Å²) in [6.45, 7) is 4.44. The molecule has 2 aliphatic heterocycles. The third kappa shape index (κ3) is 2.66. The van der Waals surface area contributed by atoms with Crippen LogP contribution in [0.4, 0.5) is 11.8 Å². The van der Waals surface area contributed by atoms with Crippen LogP contribution in [0, 0.1) is 0 Å². The molecule has 1 atom stereocenters. The molecule has 3 heterocycles. The molecule has 0 spiro atoms. The fraction of sp³-hybridized carbons (Fsp3) is 0.500. The van der Waals surface area contributed by atoms with Crippen LogP contribution in [0.2, 0.25) is 0 Å². The lowest BCUT2D eigenvalue weighted by molar-refractivity contribution is 0.193. The molecule has 0 amide bonds. The van der Waals surface area contributed by atoms with E-state index < -0.39 is 0 Å². The molecule has 0 radical (unpaired) electrons. The summed E-state index contributed by atoms with van der Waals surface area (Å²) in [7, 11) is 1.90. The first kappa shape index (κ1) is 14.8. The van der Waals surface area contributed by atoms with Crippen molar-refractivity contribution in [2.45, 2.75) is 25.7 Å². The van der Waals surface area contributed by atoms with Gasteiger partial charge in [-0.1, -0.05) is 6.08 Å². The van der Waals surface area contributed by atoms with Crippen molar-refractivity contribution in [3.63, 3.8) is 0 Å². The summed E-state index contributed by atoms with van der Waals surface area (Å²) in [5, 5.41) is 3.10. The Bertz CT molecular complexity index is 605. The number of nitrogens with two attached hydrogens (primary N) is 1. The molecule has 118 valence electrons. The summed E-state index contributed by atoms with van der Waals surface area (Å²) in [5.74, 6) is 1.63. The highest BCUT2D eigenvalue weighted by atomic mass is 16.5. The van der Waals surface area contributed by atoms with E-state index in [1.54, 1.807) is 0 Å². The lowest BCUT2D eigenvalue weighted by Gasteiger charge is -2.20. The molecule has 1 saturated heterocycles. The number of hydrogen-bond acceptors (Lipinski definition) is 6. The predicted octanol–water partition coefficient (Wildman–Crippen LogP) is 1.56. The van der Waals surface area contributed by atoms with E-state index in [1.165, 1.54) is 5.56 Å². The topological polar surface area (TPSA) is 76.3 Å². The fourth-order valence-electron chi connectivity index (χ4n) is 3.17. The summed E-state index contributed by atoms with van der Waals surface area (Å²) in [6.07, 6.45) is 8.03. The summed E-state index contributed by atoms with van der Waals surface area (Å²) >= 11 is 0. The molecule has 1 unspecified atom stereocenters. The molecule has 3 N–H and O–H groups in total. The Hall–Kier alpha value is -2.08. The molecule has 6 heteroatoms. The molecule has 2 aliphatic rings. The molecule has 3 rings (SSSR count). The monoisotopic (exact) mass is 301 g/mol. The quantitative estimate of drug-likeness (QED) is 0.822. The van der Waals surface area contributed by atoms with Gasteiger partial charge >= 0.3 is 0 Å². The number of nitrogens with one attached hydrogen (secondary N) is 1. The van der Waals surface area contributed by atoms with Gasteiger partial charge in [0, 0.05) is 37.9 Å². The Morgan fingerprint density at radius 3 is 3.00 bits per heavy atom. The van der Waals surface area contributed by atoms with Crippen LogP contribution in [-0.2, 0) is 11.2 Å². The van der Waals surface area contributed by atoms with Crippen molar-refractivity contribution in [2.75, 3.05) is 37.4 Å². The van der Waals surface area contributed by atoms with E-state index in [-0.39, 0.29) is 0 Å². The number of fused-ring (bicyclic) bond motifs is 1. The van der Waals surface area contributed by atoms with Crippen LogP contribution < -0.4 is 16.0 Å². The minimum atomic E-state index is 0.344. The minimum Gasteiger partial charge on any atom is -0.392 e. The van der Waals surface area contributed by atoms with Gasteiger partial charge in [0.1, 0.15) is 5.82 Å². The van der Waals surface area contributed by atoms with Crippen molar-refractivity contribution in [3.05, 3.63) is 35.3 Å². The van der Waals surface area contributed by atoms with Crippen LogP contribution in [0.25, 0.3) is 0 Å². The van der Waals surface area contributed by atoms with Crippen molar-refractivity contribution in [2.24, 2.45) is 0 Å². The van der Waals surface area contributed by atoms with Gasteiger partial charge in [-0.3, -0.25) is 0 Å². The molecule has 0 aromatic carbocycles. The van der Waals surface area contributed by atoms with E-state index in [0.717, 1.165) is 49.8 Å². The van der Waals surface area contributed by atoms with Crippen molar-refractivity contribution in [3.8, 4) is 0 Å². The Morgan fingerprint density at radius 1 is 1.45 bits per heavy atom. The zero-order valence-corrected chi connectivity index (χ0v) is 13.2. The SMILES string of the molecule is C/C=C\C(=C/NC)N1CCc2c(C3CCOC3)nc(N)nc21. The second kappa shape index (κ2) is 6.36. The Balaban J connectivity index is 2.01. The molecule has 0 aliphatic carbocycles. The van der Waals surface area contributed by atoms with E-state index in [0.29, 0.717) is 11.9 Å². The Morgan fingerprint density at radius 2 is 2.32 bits per heavy atom. The van der Waals surface area contributed by atoms with Gasteiger partial charge < -0.3 is 20.7 Å². The number of nitrogens with zero attached hydrogens (tertiary/aromatic N) is 3. The number of ether oxygens (including phenoxy) is 1. The average molecular weight is 301 g/mol. The zero-order valence-electron chi connectivity index (χ0n) is 13.2. The maximum atomic E-state index is 5.97. The number of allylic oxidation sites excluding steroid dienone is 2. The Labute approximate surface area is 131 Å². The molecule has 22 heavy (non-hydrogen) atoms. The van der Waals surface area contributed by atoms with Crippen LogP contribution in [0.5, 0.6) is 0 Å². The summed E-state index contributed by atoms with van der Waals surface area (Å²) in [6, 6.07) is 0. The highest BCUT2D eigenvalue weighted by Crippen LogP contribution is 2.37. The smallest absolute Gasteiger partial charge is 0.222 e. The van der Waals surface area contributed by atoms with Gasteiger partial charge in [0.15, 0.2) is 0 Å². The van der Waals surface area contributed by atoms with E-state index >= 15 is 0 Å². The largest absolute Gasteiger partial charge is 0.392 e. The van der Waals surface area contributed by atoms with E-state index in [1.807, 2.05) is 26.2 Å². The number of aromatic nitrogens is 2. The molecular formula is C16H23N5O. The first-order valence-electron chi connectivity index (χ1n) is 7.76. The molecule has 0 saturated carbocycles. The van der Waals surface area contributed by atoms with Crippen molar-refractivity contribution >= 4 is 11.8 Å². The van der Waals surface area contributed by atoms with Gasteiger partial charge in [-0.2, -0.15) is 4.98 Å². The first-order valence-corrected chi connectivity index (χ1v) is 7.76. The average Bonchev–Trinajstić information content (AvgIpc) is 3.15. The predicted molar refractivity (Wildman–Crippen MR) is 87.6 cm³/mol. The minimum absolute atomic E-state index is 0.344. The zero-order chi connectivity index (χ0) is 15.5. The van der Waals surface area contributed by atoms with Crippen LogP contribution >= 0.6 is 0 Å². The highest BCUT2D eigenvalue weighted by Gasteiger charge is 2.31. The van der Waals surface area contributed by atoms with Crippen molar-refractivity contribution in [1.82, 2.24) is 15.3 Å². The second-order valence-electron chi connectivity index (χ2n) is 5.59. The lowest BCUT2D eigenvalue weighted by Crippen LogP contribution is -2.21. The van der Waals surface area contributed by atoms with Gasteiger partial charge in [-0.15, -0.1) is 0 Å². The third-order valence-corrected chi connectivity index (χ3v) is 4.13. The standard InChI is InChI=1S/C16H23N5O/c1-3-4-12(9-18-2)21-7-5-13-14(11-6-8-22-10-11)19-16(17)20-15(13)21/h3-4,9,11,18H,5-8,10H2,1-2H3,(H2,17,19,20)/b4-3-,12-9+. The second-order valence-corrected chi connectivity index (χ2v) is 5.59. The van der Waals surface area contributed by atoms with E-state index in [2.05, 4.69) is 26.3 Å². The maximum Gasteiger partial charge on any atom is 0.222 e. The first-order chi connectivity index (χ1) is 10.7. The van der Waals surface area contributed by atoms with Gasteiger partial charge in [0.25, 0.3) is 0 Å². The molecular weight excluding hydrogens is 278 g/mol. The fourth-order valence-corrected chi connectivity index (χ4v) is 3.17. The normalized spacial score (nSPS) is 21.6.